The van der Waals surface area contributed by atoms with Gasteiger partial charge in [0, 0.05) is 18.8 Å². The average Bonchev–Trinajstić information content (AvgIpc) is 2.30. The van der Waals surface area contributed by atoms with E-state index in [9.17, 15) is 5.11 Å². The van der Waals surface area contributed by atoms with Crippen LogP contribution in [0.3, 0.4) is 0 Å². The van der Waals surface area contributed by atoms with E-state index in [1.54, 1.807) is 12.1 Å². The second-order valence-corrected chi connectivity index (χ2v) is 4.36. The molecule has 82 valence electrons. The number of aromatic hydroxyl groups is 1. The zero-order chi connectivity index (χ0) is 10.7. The minimum Gasteiger partial charge on any atom is -0.508 e. The SMILES string of the molecule is CCC1CCN(c2ccc(O)cc2)CC1. The van der Waals surface area contributed by atoms with Gasteiger partial charge in [-0.15, -0.1) is 0 Å². The number of rotatable bonds is 2. The van der Waals surface area contributed by atoms with Gasteiger partial charge in [-0.2, -0.15) is 0 Å². The van der Waals surface area contributed by atoms with Crippen LogP contribution in [-0.2, 0) is 0 Å². The van der Waals surface area contributed by atoms with Crippen LogP contribution in [0, 0.1) is 5.92 Å². The van der Waals surface area contributed by atoms with Crippen LogP contribution in [0.2, 0.25) is 0 Å². The van der Waals surface area contributed by atoms with Crippen molar-refractivity contribution < 1.29 is 5.11 Å². The van der Waals surface area contributed by atoms with Crippen molar-refractivity contribution in [3.63, 3.8) is 0 Å². The molecule has 1 aliphatic heterocycles. The molecule has 1 aromatic carbocycles. The fourth-order valence-electron chi connectivity index (χ4n) is 2.26. The van der Waals surface area contributed by atoms with Gasteiger partial charge in [-0.25, -0.2) is 0 Å². The zero-order valence-electron chi connectivity index (χ0n) is 9.32. The Hall–Kier alpha value is -1.18. The molecule has 0 saturated carbocycles. The van der Waals surface area contributed by atoms with Gasteiger partial charge in [-0.3, -0.25) is 0 Å². The molecule has 0 atom stereocenters. The van der Waals surface area contributed by atoms with Gasteiger partial charge in [-0.1, -0.05) is 13.3 Å². The third kappa shape index (κ3) is 2.44. The van der Waals surface area contributed by atoms with E-state index in [0.29, 0.717) is 5.75 Å². The smallest absolute Gasteiger partial charge is 0.115 e. The minimum atomic E-state index is 0.349. The van der Waals surface area contributed by atoms with Gasteiger partial charge in [0.2, 0.25) is 0 Å². The summed E-state index contributed by atoms with van der Waals surface area (Å²) in [5, 5.41) is 9.22. The maximum Gasteiger partial charge on any atom is 0.115 e. The first-order valence-electron chi connectivity index (χ1n) is 5.83. The summed E-state index contributed by atoms with van der Waals surface area (Å²) in [4.78, 5) is 2.41. The summed E-state index contributed by atoms with van der Waals surface area (Å²) < 4.78 is 0. The highest BCUT2D eigenvalue weighted by Crippen LogP contribution is 2.25. The van der Waals surface area contributed by atoms with Gasteiger partial charge in [0.05, 0.1) is 0 Å². The molecule has 0 unspecified atom stereocenters. The van der Waals surface area contributed by atoms with E-state index in [-0.39, 0.29) is 0 Å². The first kappa shape index (κ1) is 10.3. The number of nitrogens with zero attached hydrogens (tertiary/aromatic N) is 1. The highest BCUT2D eigenvalue weighted by molar-refractivity contribution is 5.49. The molecule has 1 heterocycles. The maximum absolute atomic E-state index is 9.22. The Kier molecular flexibility index (Phi) is 3.14. The second-order valence-electron chi connectivity index (χ2n) is 4.36. The average molecular weight is 205 g/mol. The Bertz CT molecular complexity index is 299. The highest BCUT2D eigenvalue weighted by atomic mass is 16.3. The number of phenols is 1. The van der Waals surface area contributed by atoms with Crippen LogP contribution < -0.4 is 4.90 Å². The quantitative estimate of drug-likeness (QED) is 0.802. The number of piperidine rings is 1. The molecule has 1 fully saturated rings. The van der Waals surface area contributed by atoms with E-state index in [0.717, 1.165) is 19.0 Å². The summed E-state index contributed by atoms with van der Waals surface area (Å²) in [6.45, 7) is 4.59. The van der Waals surface area contributed by atoms with Crippen molar-refractivity contribution in [3.05, 3.63) is 24.3 Å². The molecular formula is C13H19NO. The van der Waals surface area contributed by atoms with Crippen LogP contribution in [0.5, 0.6) is 5.75 Å². The summed E-state index contributed by atoms with van der Waals surface area (Å²) in [6, 6.07) is 7.53. The summed E-state index contributed by atoms with van der Waals surface area (Å²) in [5.41, 5.74) is 1.24. The fraction of sp³-hybridized carbons (Fsp3) is 0.538. The number of anilines is 1. The Labute approximate surface area is 91.5 Å². The number of phenolic OH excluding ortho intramolecular Hbond substituents is 1. The van der Waals surface area contributed by atoms with E-state index in [2.05, 4.69) is 11.8 Å². The second kappa shape index (κ2) is 4.56. The molecule has 1 aromatic rings. The molecular weight excluding hydrogens is 186 g/mol. The molecule has 2 heteroatoms. The predicted molar refractivity (Wildman–Crippen MR) is 63.3 cm³/mol. The normalized spacial score (nSPS) is 18.1. The third-order valence-corrected chi connectivity index (χ3v) is 3.41. The monoisotopic (exact) mass is 205 g/mol. The summed E-state index contributed by atoms with van der Waals surface area (Å²) >= 11 is 0. The topological polar surface area (TPSA) is 23.5 Å². The van der Waals surface area contributed by atoms with Gasteiger partial charge >= 0.3 is 0 Å². The molecule has 2 rings (SSSR count). The highest BCUT2D eigenvalue weighted by Gasteiger charge is 2.17. The summed E-state index contributed by atoms with van der Waals surface area (Å²) in [7, 11) is 0. The molecule has 1 aliphatic rings. The van der Waals surface area contributed by atoms with Crippen molar-refractivity contribution in [2.24, 2.45) is 5.92 Å². The van der Waals surface area contributed by atoms with Gasteiger partial charge < -0.3 is 10.0 Å². The Morgan fingerprint density at radius 2 is 1.80 bits per heavy atom. The predicted octanol–water partition coefficient (Wildman–Crippen LogP) is 3.02. The maximum atomic E-state index is 9.22. The van der Waals surface area contributed by atoms with Crippen LogP contribution in [-0.4, -0.2) is 18.2 Å². The Morgan fingerprint density at radius 1 is 1.20 bits per heavy atom. The van der Waals surface area contributed by atoms with E-state index < -0.39 is 0 Å². The van der Waals surface area contributed by atoms with Crippen LogP contribution in [0.25, 0.3) is 0 Å². The number of hydrogen-bond acceptors (Lipinski definition) is 2. The molecule has 0 aliphatic carbocycles. The largest absolute Gasteiger partial charge is 0.508 e. The first-order valence-corrected chi connectivity index (χ1v) is 5.83. The van der Waals surface area contributed by atoms with E-state index in [1.807, 2.05) is 12.1 Å². The van der Waals surface area contributed by atoms with E-state index in [4.69, 9.17) is 0 Å². The first-order chi connectivity index (χ1) is 7.29. The molecule has 0 bridgehead atoms. The van der Waals surface area contributed by atoms with Crippen molar-refractivity contribution in [1.82, 2.24) is 0 Å². The summed E-state index contributed by atoms with van der Waals surface area (Å²) in [5.74, 6) is 1.26. The van der Waals surface area contributed by atoms with Gasteiger partial charge in [-0.05, 0) is 43.0 Å². The lowest BCUT2D eigenvalue weighted by molar-refractivity contribution is 0.395. The lowest BCUT2D eigenvalue weighted by atomic mass is 9.94. The van der Waals surface area contributed by atoms with Crippen LogP contribution >= 0.6 is 0 Å². The molecule has 15 heavy (non-hydrogen) atoms. The number of benzene rings is 1. The Morgan fingerprint density at radius 3 is 2.33 bits per heavy atom. The van der Waals surface area contributed by atoms with Crippen LogP contribution in [0.1, 0.15) is 26.2 Å². The van der Waals surface area contributed by atoms with Gasteiger partial charge in [0.25, 0.3) is 0 Å². The Balaban J connectivity index is 1.98. The van der Waals surface area contributed by atoms with Crippen molar-refractivity contribution in [3.8, 4) is 5.75 Å². The van der Waals surface area contributed by atoms with Crippen molar-refractivity contribution in [2.45, 2.75) is 26.2 Å². The van der Waals surface area contributed by atoms with Crippen LogP contribution in [0.4, 0.5) is 5.69 Å². The van der Waals surface area contributed by atoms with E-state index in [1.165, 1.54) is 24.9 Å². The molecule has 0 radical (unpaired) electrons. The fourth-order valence-corrected chi connectivity index (χ4v) is 2.26. The lowest BCUT2D eigenvalue weighted by Gasteiger charge is -2.33. The lowest BCUT2D eigenvalue weighted by Crippen LogP contribution is -2.33. The number of hydrogen-bond donors (Lipinski definition) is 1. The van der Waals surface area contributed by atoms with Crippen molar-refractivity contribution in [2.75, 3.05) is 18.0 Å². The zero-order valence-corrected chi connectivity index (χ0v) is 9.32. The molecule has 0 spiro atoms. The van der Waals surface area contributed by atoms with Crippen molar-refractivity contribution >= 4 is 5.69 Å². The molecule has 1 saturated heterocycles. The van der Waals surface area contributed by atoms with E-state index >= 15 is 0 Å². The van der Waals surface area contributed by atoms with Gasteiger partial charge in [0.15, 0.2) is 0 Å². The third-order valence-electron chi connectivity index (χ3n) is 3.41. The molecule has 0 amide bonds. The molecule has 2 nitrogen and oxygen atoms in total. The van der Waals surface area contributed by atoms with Crippen LogP contribution in [0.15, 0.2) is 24.3 Å². The summed E-state index contributed by atoms with van der Waals surface area (Å²) in [6.07, 6.45) is 3.91. The minimum absolute atomic E-state index is 0.349. The standard InChI is InChI=1S/C13H19NO/c1-2-11-7-9-14(10-8-11)12-3-5-13(15)6-4-12/h3-6,11,15H,2,7-10H2,1H3. The van der Waals surface area contributed by atoms with Crippen molar-refractivity contribution in [1.29, 1.82) is 0 Å². The van der Waals surface area contributed by atoms with Gasteiger partial charge in [0.1, 0.15) is 5.75 Å². The molecule has 1 N–H and O–H groups in total. The molecule has 0 aromatic heterocycles.